The Morgan fingerprint density at radius 3 is 3.00 bits per heavy atom. The third kappa shape index (κ3) is 3.04. The van der Waals surface area contributed by atoms with Crippen LogP contribution in [0.2, 0.25) is 0 Å². The molecule has 1 N–H and O–H groups in total. The zero-order valence-corrected chi connectivity index (χ0v) is 9.72. The average molecular weight is 240 g/mol. The van der Waals surface area contributed by atoms with Crippen LogP contribution in [0.4, 0.5) is 5.88 Å². The van der Waals surface area contributed by atoms with E-state index in [0.717, 1.165) is 19.6 Å². The van der Waals surface area contributed by atoms with Gasteiger partial charge in [0.05, 0.1) is 18.7 Å². The largest absolute Gasteiger partial charge is 0.433 e. The lowest BCUT2D eigenvalue weighted by Gasteiger charge is -2.13. The highest BCUT2D eigenvalue weighted by Gasteiger charge is 2.23. The summed E-state index contributed by atoms with van der Waals surface area (Å²) < 4.78 is 10.5. The molecule has 1 saturated heterocycles. The Labute approximate surface area is 99.1 Å². The van der Waals surface area contributed by atoms with Crippen molar-refractivity contribution in [2.24, 2.45) is 5.92 Å². The van der Waals surface area contributed by atoms with E-state index in [1.54, 1.807) is 6.07 Å². The third-order valence-electron chi connectivity index (χ3n) is 3.07. The molecule has 17 heavy (non-hydrogen) atoms. The van der Waals surface area contributed by atoms with Crippen LogP contribution < -0.4 is 5.32 Å². The van der Waals surface area contributed by atoms with E-state index in [1.807, 2.05) is 0 Å². The van der Waals surface area contributed by atoms with Crippen molar-refractivity contribution in [1.29, 1.82) is 0 Å². The molecule has 94 valence electrons. The lowest BCUT2D eigenvalue weighted by Crippen LogP contribution is -2.26. The maximum absolute atomic E-state index is 10.4. The van der Waals surface area contributed by atoms with Gasteiger partial charge in [-0.1, -0.05) is 0 Å². The van der Waals surface area contributed by atoms with Gasteiger partial charge in [-0.25, -0.2) is 0 Å². The van der Waals surface area contributed by atoms with E-state index in [1.165, 1.54) is 6.07 Å². The van der Waals surface area contributed by atoms with Gasteiger partial charge in [0.25, 0.3) is 0 Å². The highest BCUT2D eigenvalue weighted by molar-refractivity contribution is 5.17. The normalized spacial score (nSPS) is 24.1. The van der Waals surface area contributed by atoms with Gasteiger partial charge in [0.2, 0.25) is 0 Å². The lowest BCUT2D eigenvalue weighted by molar-refractivity contribution is -0.402. The van der Waals surface area contributed by atoms with E-state index in [2.05, 4.69) is 12.2 Å². The first-order chi connectivity index (χ1) is 8.16. The molecule has 2 rings (SSSR count). The standard InChI is InChI=1S/C11H16N2O4/c1-8-9(4-5-16-8)6-12-7-10-2-3-11(17-10)13(14)15/h2-3,8-9,12H,4-7H2,1H3. The molecule has 2 unspecified atom stereocenters. The van der Waals surface area contributed by atoms with E-state index in [-0.39, 0.29) is 12.0 Å². The quantitative estimate of drug-likeness (QED) is 0.626. The molecule has 1 aliphatic heterocycles. The first-order valence-electron chi connectivity index (χ1n) is 5.72. The van der Waals surface area contributed by atoms with E-state index >= 15 is 0 Å². The van der Waals surface area contributed by atoms with Gasteiger partial charge in [-0.05, 0) is 25.3 Å². The zero-order valence-electron chi connectivity index (χ0n) is 9.72. The fourth-order valence-electron chi connectivity index (χ4n) is 1.98. The Morgan fingerprint density at radius 1 is 1.59 bits per heavy atom. The molecule has 2 atom stereocenters. The molecular weight excluding hydrogens is 224 g/mol. The minimum atomic E-state index is -0.531. The van der Waals surface area contributed by atoms with Gasteiger partial charge < -0.3 is 14.5 Å². The summed E-state index contributed by atoms with van der Waals surface area (Å²) in [5, 5.41) is 13.6. The van der Waals surface area contributed by atoms with Gasteiger partial charge in [-0.3, -0.25) is 10.1 Å². The molecule has 2 heterocycles. The highest BCUT2D eigenvalue weighted by atomic mass is 16.6. The fourth-order valence-corrected chi connectivity index (χ4v) is 1.98. The van der Waals surface area contributed by atoms with Gasteiger partial charge in [0, 0.05) is 13.2 Å². The number of ether oxygens (including phenoxy) is 1. The minimum absolute atomic E-state index is 0.209. The second-order valence-electron chi connectivity index (χ2n) is 4.25. The van der Waals surface area contributed by atoms with Crippen molar-refractivity contribution in [3.05, 3.63) is 28.0 Å². The van der Waals surface area contributed by atoms with Crippen LogP contribution in [-0.2, 0) is 11.3 Å². The van der Waals surface area contributed by atoms with Crippen LogP contribution in [0.25, 0.3) is 0 Å². The highest BCUT2D eigenvalue weighted by Crippen LogP contribution is 2.20. The Bertz CT molecular complexity index is 391. The van der Waals surface area contributed by atoms with Crippen molar-refractivity contribution < 1.29 is 14.1 Å². The van der Waals surface area contributed by atoms with Crippen LogP contribution in [0.3, 0.4) is 0 Å². The second kappa shape index (κ2) is 5.29. The van der Waals surface area contributed by atoms with E-state index in [9.17, 15) is 10.1 Å². The summed E-state index contributed by atoms with van der Waals surface area (Å²) in [5.41, 5.74) is 0. The molecule has 0 bridgehead atoms. The van der Waals surface area contributed by atoms with Gasteiger partial charge in [0.15, 0.2) is 0 Å². The Hall–Kier alpha value is -1.40. The number of nitrogens with one attached hydrogen (secondary N) is 1. The lowest BCUT2D eigenvalue weighted by atomic mass is 10.0. The number of rotatable bonds is 5. The second-order valence-corrected chi connectivity index (χ2v) is 4.25. The SMILES string of the molecule is CC1OCCC1CNCc1ccc([N+](=O)[O-])o1. The van der Waals surface area contributed by atoms with Crippen LogP contribution in [0, 0.1) is 16.0 Å². The molecule has 0 saturated carbocycles. The number of nitro groups is 1. The molecule has 0 spiro atoms. The topological polar surface area (TPSA) is 77.5 Å². The molecule has 0 aliphatic carbocycles. The van der Waals surface area contributed by atoms with Crippen molar-refractivity contribution in [2.75, 3.05) is 13.2 Å². The Morgan fingerprint density at radius 2 is 2.41 bits per heavy atom. The summed E-state index contributed by atoms with van der Waals surface area (Å²) in [7, 11) is 0. The molecule has 1 aromatic rings. The van der Waals surface area contributed by atoms with Crippen LogP contribution in [0.1, 0.15) is 19.1 Å². The van der Waals surface area contributed by atoms with Gasteiger partial charge in [-0.2, -0.15) is 0 Å². The maximum atomic E-state index is 10.4. The van der Waals surface area contributed by atoms with Gasteiger partial charge in [0.1, 0.15) is 10.7 Å². The van der Waals surface area contributed by atoms with Crippen molar-refractivity contribution in [3.8, 4) is 0 Å². The van der Waals surface area contributed by atoms with Crippen molar-refractivity contribution in [1.82, 2.24) is 5.32 Å². The maximum Gasteiger partial charge on any atom is 0.433 e. The molecule has 0 amide bonds. The third-order valence-corrected chi connectivity index (χ3v) is 3.07. The molecule has 1 fully saturated rings. The zero-order chi connectivity index (χ0) is 12.3. The van der Waals surface area contributed by atoms with Crippen LogP contribution in [-0.4, -0.2) is 24.2 Å². The Balaban J connectivity index is 1.76. The summed E-state index contributed by atoms with van der Waals surface area (Å²) in [6.07, 6.45) is 1.35. The van der Waals surface area contributed by atoms with Crippen LogP contribution >= 0.6 is 0 Å². The fraction of sp³-hybridized carbons (Fsp3) is 0.636. The predicted octanol–water partition coefficient (Wildman–Crippen LogP) is 1.70. The number of hydrogen-bond acceptors (Lipinski definition) is 5. The van der Waals surface area contributed by atoms with E-state index in [0.29, 0.717) is 18.2 Å². The average Bonchev–Trinajstić information content (AvgIpc) is 2.89. The molecule has 0 radical (unpaired) electrons. The van der Waals surface area contributed by atoms with Crippen LogP contribution in [0.5, 0.6) is 0 Å². The van der Waals surface area contributed by atoms with Gasteiger partial charge >= 0.3 is 5.88 Å². The first-order valence-corrected chi connectivity index (χ1v) is 5.72. The molecule has 1 aliphatic rings. The van der Waals surface area contributed by atoms with Crippen molar-refractivity contribution in [2.45, 2.75) is 26.0 Å². The molecule has 1 aromatic heterocycles. The molecule has 6 nitrogen and oxygen atoms in total. The minimum Gasteiger partial charge on any atom is -0.404 e. The van der Waals surface area contributed by atoms with E-state index < -0.39 is 4.92 Å². The molecule has 0 aromatic carbocycles. The van der Waals surface area contributed by atoms with Gasteiger partial charge in [-0.15, -0.1) is 0 Å². The monoisotopic (exact) mass is 240 g/mol. The Kier molecular flexibility index (Phi) is 3.75. The summed E-state index contributed by atoms with van der Waals surface area (Å²) in [4.78, 5) is 9.88. The summed E-state index contributed by atoms with van der Waals surface area (Å²) in [5.74, 6) is 0.891. The number of furan rings is 1. The van der Waals surface area contributed by atoms with E-state index in [4.69, 9.17) is 9.15 Å². The van der Waals surface area contributed by atoms with Crippen molar-refractivity contribution >= 4 is 5.88 Å². The first kappa shape index (κ1) is 12.1. The summed E-state index contributed by atoms with van der Waals surface area (Å²) >= 11 is 0. The summed E-state index contributed by atoms with van der Waals surface area (Å²) in [6, 6.07) is 3.00. The number of nitrogens with zero attached hydrogens (tertiary/aromatic N) is 1. The van der Waals surface area contributed by atoms with Crippen molar-refractivity contribution in [3.63, 3.8) is 0 Å². The molecular formula is C11H16N2O4. The summed E-state index contributed by atoms with van der Waals surface area (Å²) in [6.45, 7) is 4.24. The predicted molar refractivity (Wildman–Crippen MR) is 60.6 cm³/mol. The van der Waals surface area contributed by atoms with Crippen LogP contribution in [0.15, 0.2) is 16.5 Å². The molecule has 6 heteroatoms. The number of hydrogen-bond donors (Lipinski definition) is 1. The smallest absolute Gasteiger partial charge is 0.404 e.